The Bertz CT molecular complexity index is 708. The molecule has 0 saturated heterocycles. The van der Waals surface area contributed by atoms with Crippen LogP contribution in [0.3, 0.4) is 0 Å². The second kappa shape index (κ2) is 6.53. The molecule has 0 spiro atoms. The number of carbonyl (C=O) groups excluding carboxylic acids is 1. The van der Waals surface area contributed by atoms with Gasteiger partial charge in [0.05, 0.1) is 30.9 Å². The minimum Gasteiger partial charge on any atom is -0.497 e. The summed E-state index contributed by atoms with van der Waals surface area (Å²) in [6.45, 7) is 0. The van der Waals surface area contributed by atoms with Crippen molar-refractivity contribution in [3.63, 3.8) is 0 Å². The largest absolute Gasteiger partial charge is 0.497 e. The van der Waals surface area contributed by atoms with Crippen molar-refractivity contribution in [1.29, 1.82) is 5.26 Å². The topological polar surface area (TPSA) is 62.1 Å². The molecular formula is C16H13FN2O2. The van der Waals surface area contributed by atoms with Crippen molar-refractivity contribution in [2.24, 2.45) is 0 Å². The van der Waals surface area contributed by atoms with Gasteiger partial charge in [-0.1, -0.05) is 12.1 Å². The van der Waals surface area contributed by atoms with Gasteiger partial charge in [-0.25, -0.2) is 4.39 Å². The molecule has 2 rings (SSSR count). The van der Waals surface area contributed by atoms with Crippen LogP contribution >= 0.6 is 0 Å². The molecule has 0 radical (unpaired) electrons. The Labute approximate surface area is 121 Å². The molecule has 0 bridgehead atoms. The number of halogens is 1. The maximum Gasteiger partial charge on any atom is 0.228 e. The van der Waals surface area contributed by atoms with Crippen molar-refractivity contribution in [2.75, 3.05) is 12.4 Å². The van der Waals surface area contributed by atoms with E-state index in [1.54, 1.807) is 31.4 Å². The lowest BCUT2D eigenvalue weighted by molar-refractivity contribution is -0.115. The normalized spacial score (nSPS) is 9.76. The number of hydrogen-bond acceptors (Lipinski definition) is 3. The number of hydrogen-bond donors (Lipinski definition) is 1. The second-order valence-corrected chi connectivity index (χ2v) is 4.38. The highest BCUT2D eigenvalue weighted by Gasteiger charge is 2.09. The van der Waals surface area contributed by atoms with E-state index in [-0.39, 0.29) is 23.6 Å². The van der Waals surface area contributed by atoms with Crippen LogP contribution in [0.15, 0.2) is 42.5 Å². The molecule has 1 amide bonds. The number of methoxy groups -OCH3 is 1. The number of nitrogens with one attached hydrogen (secondary N) is 1. The minimum absolute atomic E-state index is 0.0573. The van der Waals surface area contributed by atoms with Crippen molar-refractivity contribution in [3.8, 4) is 11.8 Å². The summed E-state index contributed by atoms with van der Waals surface area (Å²) < 4.78 is 18.7. The first-order valence-electron chi connectivity index (χ1n) is 6.25. The molecule has 2 aromatic rings. The Morgan fingerprint density at radius 1 is 1.33 bits per heavy atom. The summed E-state index contributed by atoms with van der Waals surface area (Å²) in [7, 11) is 1.55. The molecule has 21 heavy (non-hydrogen) atoms. The Morgan fingerprint density at radius 2 is 2.14 bits per heavy atom. The van der Waals surface area contributed by atoms with E-state index in [0.29, 0.717) is 5.75 Å². The number of carbonyl (C=O) groups is 1. The molecule has 0 heterocycles. The van der Waals surface area contributed by atoms with E-state index >= 15 is 0 Å². The summed E-state index contributed by atoms with van der Waals surface area (Å²) in [6, 6.07) is 12.8. The zero-order valence-corrected chi connectivity index (χ0v) is 11.4. The Hall–Kier alpha value is -2.87. The predicted octanol–water partition coefficient (Wildman–Crippen LogP) is 2.89. The van der Waals surface area contributed by atoms with Crippen molar-refractivity contribution in [2.45, 2.75) is 6.42 Å². The summed E-state index contributed by atoms with van der Waals surface area (Å²) >= 11 is 0. The van der Waals surface area contributed by atoms with E-state index in [4.69, 9.17) is 10.00 Å². The van der Waals surface area contributed by atoms with E-state index in [2.05, 4.69) is 5.32 Å². The Kier molecular flexibility index (Phi) is 4.52. The Morgan fingerprint density at radius 3 is 2.81 bits per heavy atom. The van der Waals surface area contributed by atoms with Gasteiger partial charge >= 0.3 is 0 Å². The highest BCUT2D eigenvalue weighted by atomic mass is 19.1. The molecule has 0 aromatic heterocycles. The minimum atomic E-state index is -0.631. The summed E-state index contributed by atoms with van der Waals surface area (Å²) in [6.07, 6.45) is 0.108. The fraction of sp³-hybridized carbons (Fsp3) is 0.125. The van der Waals surface area contributed by atoms with Crippen LogP contribution in [0.5, 0.6) is 5.75 Å². The lowest BCUT2D eigenvalue weighted by Crippen LogP contribution is -2.15. The number of benzene rings is 2. The van der Waals surface area contributed by atoms with Gasteiger partial charge in [-0.15, -0.1) is 0 Å². The zero-order chi connectivity index (χ0) is 15.2. The van der Waals surface area contributed by atoms with Gasteiger partial charge in [0.2, 0.25) is 5.91 Å². The lowest BCUT2D eigenvalue weighted by atomic mass is 10.1. The number of ether oxygens (including phenoxy) is 1. The van der Waals surface area contributed by atoms with Gasteiger partial charge in [0.1, 0.15) is 11.6 Å². The predicted molar refractivity (Wildman–Crippen MR) is 76.4 cm³/mol. The molecule has 2 aromatic carbocycles. The molecule has 0 fully saturated rings. The van der Waals surface area contributed by atoms with Gasteiger partial charge in [-0.2, -0.15) is 5.26 Å². The first-order valence-corrected chi connectivity index (χ1v) is 6.25. The number of rotatable bonds is 4. The summed E-state index contributed by atoms with van der Waals surface area (Å²) in [4.78, 5) is 11.9. The maximum absolute atomic E-state index is 13.7. The van der Waals surface area contributed by atoms with E-state index in [0.717, 1.165) is 11.6 Å². The van der Waals surface area contributed by atoms with Crippen molar-refractivity contribution in [3.05, 3.63) is 59.4 Å². The molecule has 0 unspecified atom stereocenters. The number of nitrogens with zero attached hydrogens (tertiary/aromatic N) is 1. The monoisotopic (exact) mass is 284 g/mol. The lowest BCUT2D eigenvalue weighted by Gasteiger charge is -2.07. The van der Waals surface area contributed by atoms with Crippen LogP contribution < -0.4 is 10.1 Å². The molecule has 4 nitrogen and oxygen atoms in total. The van der Waals surface area contributed by atoms with Crippen LogP contribution in [-0.4, -0.2) is 13.0 Å². The molecule has 0 atom stereocenters. The van der Waals surface area contributed by atoms with E-state index < -0.39 is 5.82 Å². The second-order valence-electron chi connectivity index (χ2n) is 4.38. The molecular weight excluding hydrogens is 271 g/mol. The Balaban J connectivity index is 2.06. The SMILES string of the molecule is COc1cccc(CC(=O)Nc2ccc(C#N)cc2F)c1. The maximum atomic E-state index is 13.7. The first-order chi connectivity index (χ1) is 10.1. The summed E-state index contributed by atoms with van der Waals surface area (Å²) in [5, 5.41) is 11.1. The van der Waals surface area contributed by atoms with E-state index in [1.807, 2.05) is 6.07 Å². The quantitative estimate of drug-likeness (QED) is 0.939. The molecule has 0 aliphatic heterocycles. The molecule has 0 saturated carbocycles. The van der Waals surface area contributed by atoms with Gasteiger partial charge in [0.25, 0.3) is 0 Å². The zero-order valence-electron chi connectivity index (χ0n) is 11.4. The van der Waals surface area contributed by atoms with E-state index in [9.17, 15) is 9.18 Å². The molecule has 1 N–H and O–H groups in total. The third kappa shape index (κ3) is 3.80. The molecule has 0 aliphatic carbocycles. The fourth-order valence-corrected chi connectivity index (χ4v) is 1.85. The third-order valence-electron chi connectivity index (χ3n) is 2.87. The van der Waals surface area contributed by atoms with Gasteiger partial charge < -0.3 is 10.1 Å². The smallest absolute Gasteiger partial charge is 0.228 e. The first kappa shape index (κ1) is 14.5. The van der Waals surface area contributed by atoms with Gasteiger partial charge in [0.15, 0.2) is 0 Å². The highest BCUT2D eigenvalue weighted by molar-refractivity contribution is 5.92. The summed E-state index contributed by atoms with van der Waals surface area (Å²) in [5.41, 5.74) is 1.03. The van der Waals surface area contributed by atoms with E-state index in [1.165, 1.54) is 12.1 Å². The van der Waals surface area contributed by atoms with Crippen LogP contribution in [0.25, 0.3) is 0 Å². The van der Waals surface area contributed by atoms with Crippen LogP contribution in [0.2, 0.25) is 0 Å². The van der Waals surface area contributed by atoms with Gasteiger partial charge in [0, 0.05) is 0 Å². The molecule has 106 valence electrons. The third-order valence-corrected chi connectivity index (χ3v) is 2.87. The highest BCUT2D eigenvalue weighted by Crippen LogP contribution is 2.17. The number of amides is 1. The average molecular weight is 284 g/mol. The van der Waals surface area contributed by atoms with Crippen LogP contribution in [0, 0.1) is 17.1 Å². The number of nitriles is 1. The van der Waals surface area contributed by atoms with Gasteiger partial charge in [-0.05, 0) is 35.9 Å². The van der Waals surface area contributed by atoms with Crippen molar-refractivity contribution < 1.29 is 13.9 Å². The average Bonchev–Trinajstić information content (AvgIpc) is 2.49. The molecule has 0 aliphatic rings. The van der Waals surface area contributed by atoms with Crippen LogP contribution in [-0.2, 0) is 11.2 Å². The van der Waals surface area contributed by atoms with Crippen LogP contribution in [0.1, 0.15) is 11.1 Å². The van der Waals surface area contributed by atoms with Crippen molar-refractivity contribution >= 4 is 11.6 Å². The summed E-state index contributed by atoms with van der Waals surface area (Å²) in [5.74, 6) is -0.315. The number of anilines is 1. The van der Waals surface area contributed by atoms with Gasteiger partial charge in [-0.3, -0.25) is 4.79 Å². The van der Waals surface area contributed by atoms with Crippen LogP contribution in [0.4, 0.5) is 10.1 Å². The molecule has 5 heteroatoms. The van der Waals surface area contributed by atoms with Crippen molar-refractivity contribution in [1.82, 2.24) is 0 Å². The standard InChI is InChI=1S/C16H13FN2O2/c1-21-13-4-2-3-11(7-13)9-16(20)19-15-6-5-12(10-18)8-14(15)17/h2-8H,9H2,1H3,(H,19,20). The fourth-order valence-electron chi connectivity index (χ4n) is 1.85.